The zero-order chi connectivity index (χ0) is 16.2. The van der Waals surface area contributed by atoms with Gasteiger partial charge in [0, 0.05) is 30.9 Å². The standard InChI is InChI=1S/C18H18FN3O/c1-2-22-12-14(16-4-3-9-20-18(16)22)10-17(23)21-11-13-5-7-15(19)8-6-13/h3-9,12H,2,10-11H2,1H3,(H,21,23). The summed E-state index contributed by atoms with van der Waals surface area (Å²) in [5, 5.41) is 3.87. The molecule has 0 aliphatic heterocycles. The van der Waals surface area contributed by atoms with Gasteiger partial charge < -0.3 is 9.88 Å². The van der Waals surface area contributed by atoms with E-state index in [-0.39, 0.29) is 11.7 Å². The van der Waals surface area contributed by atoms with Crippen molar-refractivity contribution in [1.82, 2.24) is 14.9 Å². The van der Waals surface area contributed by atoms with Crippen molar-refractivity contribution >= 4 is 16.9 Å². The van der Waals surface area contributed by atoms with E-state index in [1.807, 2.05) is 29.8 Å². The number of rotatable bonds is 5. The lowest BCUT2D eigenvalue weighted by molar-refractivity contribution is -0.120. The highest BCUT2D eigenvalue weighted by Gasteiger charge is 2.11. The monoisotopic (exact) mass is 311 g/mol. The van der Waals surface area contributed by atoms with Gasteiger partial charge in [0.1, 0.15) is 11.5 Å². The first-order valence-corrected chi connectivity index (χ1v) is 7.61. The number of halogens is 1. The quantitative estimate of drug-likeness (QED) is 0.787. The normalized spacial score (nSPS) is 10.9. The molecule has 118 valence electrons. The number of carbonyl (C=O) groups is 1. The van der Waals surface area contributed by atoms with Crippen LogP contribution in [0, 0.1) is 5.82 Å². The highest BCUT2D eigenvalue weighted by molar-refractivity contribution is 5.87. The summed E-state index contributed by atoms with van der Waals surface area (Å²) in [7, 11) is 0. The van der Waals surface area contributed by atoms with Crippen molar-refractivity contribution in [3.63, 3.8) is 0 Å². The molecule has 3 rings (SSSR count). The van der Waals surface area contributed by atoms with Crippen molar-refractivity contribution in [2.75, 3.05) is 0 Å². The Bertz CT molecular complexity index is 824. The lowest BCUT2D eigenvalue weighted by atomic mass is 10.1. The van der Waals surface area contributed by atoms with E-state index in [1.165, 1.54) is 12.1 Å². The summed E-state index contributed by atoms with van der Waals surface area (Å²) in [5.41, 5.74) is 2.74. The molecule has 0 aliphatic rings. The summed E-state index contributed by atoms with van der Waals surface area (Å²) in [6.07, 6.45) is 4.04. The molecule has 0 radical (unpaired) electrons. The zero-order valence-corrected chi connectivity index (χ0v) is 12.9. The smallest absolute Gasteiger partial charge is 0.224 e. The van der Waals surface area contributed by atoms with Crippen molar-refractivity contribution in [2.24, 2.45) is 0 Å². The number of carbonyl (C=O) groups excluding carboxylic acids is 1. The van der Waals surface area contributed by atoms with E-state index in [9.17, 15) is 9.18 Å². The van der Waals surface area contributed by atoms with Crippen LogP contribution >= 0.6 is 0 Å². The number of aryl methyl sites for hydroxylation is 1. The molecule has 0 fully saturated rings. The van der Waals surface area contributed by atoms with E-state index in [0.717, 1.165) is 28.7 Å². The molecule has 0 saturated heterocycles. The Labute approximate surface area is 134 Å². The molecule has 4 nitrogen and oxygen atoms in total. The summed E-state index contributed by atoms with van der Waals surface area (Å²) in [5.74, 6) is -0.340. The number of nitrogens with one attached hydrogen (secondary N) is 1. The SMILES string of the molecule is CCn1cc(CC(=O)NCc2ccc(F)cc2)c2cccnc21. The highest BCUT2D eigenvalue weighted by atomic mass is 19.1. The van der Waals surface area contributed by atoms with Crippen LogP contribution in [-0.2, 0) is 24.3 Å². The fourth-order valence-electron chi connectivity index (χ4n) is 2.62. The topological polar surface area (TPSA) is 46.9 Å². The van der Waals surface area contributed by atoms with Gasteiger partial charge in [0.05, 0.1) is 6.42 Å². The van der Waals surface area contributed by atoms with Crippen LogP contribution in [0.2, 0.25) is 0 Å². The Morgan fingerprint density at radius 1 is 1.26 bits per heavy atom. The summed E-state index contributed by atoms with van der Waals surface area (Å²) in [6, 6.07) is 9.98. The van der Waals surface area contributed by atoms with Crippen molar-refractivity contribution in [3.05, 3.63) is 65.7 Å². The number of benzene rings is 1. The molecule has 0 bridgehead atoms. The molecular weight excluding hydrogens is 293 g/mol. The maximum absolute atomic E-state index is 12.9. The Kier molecular flexibility index (Phi) is 4.37. The molecule has 1 N–H and O–H groups in total. The Morgan fingerprint density at radius 2 is 2.04 bits per heavy atom. The lowest BCUT2D eigenvalue weighted by Gasteiger charge is -2.05. The van der Waals surface area contributed by atoms with Crippen molar-refractivity contribution in [1.29, 1.82) is 0 Å². The largest absolute Gasteiger partial charge is 0.352 e. The van der Waals surface area contributed by atoms with Crippen LogP contribution in [0.1, 0.15) is 18.1 Å². The van der Waals surface area contributed by atoms with E-state index in [0.29, 0.717) is 13.0 Å². The van der Waals surface area contributed by atoms with Crippen LogP contribution in [0.15, 0.2) is 48.8 Å². The van der Waals surface area contributed by atoms with Gasteiger partial charge in [-0.1, -0.05) is 12.1 Å². The van der Waals surface area contributed by atoms with Crippen LogP contribution in [-0.4, -0.2) is 15.5 Å². The van der Waals surface area contributed by atoms with E-state index in [1.54, 1.807) is 18.3 Å². The Hall–Kier alpha value is -2.69. The van der Waals surface area contributed by atoms with E-state index >= 15 is 0 Å². The summed E-state index contributed by atoms with van der Waals surface area (Å²) in [4.78, 5) is 16.6. The average molecular weight is 311 g/mol. The van der Waals surface area contributed by atoms with E-state index < -0.39 is 0 Å². The lowest BCUT2D eigenvalue weighted by Crippen LogP contribution is -2.24. The van der Waals surface area contributed by atoms with Gasteiger partial charge in [-0.3, -0.25) is 4.79 Å². The number of hydrogen-bond donors (Lipinski definition) is 1. The molecule has 0 aliphatic carbocycles. The zero-order valence-electron chi connectivity index (χ0n) is 12.9. The number of hydrogen-bond acceptors (Lipinski definition) is 2. The van der Waals surface area contributed by atoms with Gasteiger partial charge in [-0.15, -0.1) is 0 Å². The van der Waals surface area contributed by atoms with Crippen molar-refractivity contribution in [3.8, 4) is 0 Å². The van der Waals surface area contributed by atoms with Gasteiger partial charge in [0.15, 0.2) is 0 Å². The number of fused-ring (bicyclic) bond motifs is 1. The van der Waals surface area contributed by atoms with Gasteiger partial charge in [0.2, 0.25) is 5.91 Å². The van der Waals surface area contributed by atoms with Crippen molar-refractivity contribution < 1.29 is 9.18 Å². The minimum absolute atomic E-state index is 0.0617. The van der Waals surface area contributed by atoms with Gasteiger partial charge >= 0.3 is 0 Å². The minimum Gasteiger partial charge on any atom is -0.352 e. The van der Waals surface area contributed by atoms with Gasteiger partial charge in [-0.25, -0.2) is 9.37 Å². The number of nitrogens with zero attached hydrogens (tertiary/aromatic N) is 2. The van der Waals surface area contributed by atoms with Gasteiger partial charge in [-0.05, 0) is 42.3 Å². The maximum Gasteiger partial charge on any atom is 0.224 e. The first-order valence-electron chi connectivity index (χ1n) is 7.61. The predicted molar refractivity (Wildman–Crippen MR) is 87.4 cm³/mol. The molecule has 0 spiro atoms. The maximum atomic E-state index is 12.9. The third kappa shape index (κ3) is 3.39. The molecular formula is C18H18FN3O. The average Bonchev–Trinajstić information content (AvgIpc) is 2.92. The van der Waals surface area contributed by atoms with Crippen LogP contribution in [0.25, 0.3) is 11.0 Å². The van der Waals surface area contributed by atoms with Crippen LogP contribution < -0.4 is 5.32 Å². The molecule has 23 heavy (non-hydrogen) atoms. The molecule has 2 aromatic heterocycles. The predicted octanol–water partition coefficient (Wildman–Crippen LogP) is 3.05. The minimum atomic E-state index is -0.278. The summed E-state index contributed by atoms with van der Waals surface area (Å²) in [6.45, 7) is 3.25. The second kappa shape index (κ2) is 6.60. The van der Waals surface area contributed by atoms with Crippen molar-refractivity contribution in [2.45, 2.75) is 26.4 Å². The summed E-state index contributed by atoms with van der Waals surface area (Å²) >= 11 is 0. The van der Waals surface area contributed by atoms with Crippen LogP contribution in [0.3, 0.4) is 0 Å². The Balaban J connectivity index is 1.69. The second-order valence-electron chi connectivity index (χ2n) is 5.39. The Morgan fingerprint density at radius 3 is 2.78 bits per heavy atom. The third-order valence-corrected chi connectivity index (χ3v) is 3.81. The molecule has 0 saturated carbocycles. The second-order valence-corrected chi connectivity index (χ2v) is 5.39. The van der Waals surface area contributed by atoms with E-state index in [2.05, 4.69) is 10.3 Å². The fraction of sp³-hybridized carbons (Fsp3) is 0.222. The number of aromatic nitrogens is 2. The van der Waals surface area contributed by atoms with Crippen LogP contribution in [0.5, 0.6) is 0 Å². The molecule has 2 heterocycles. The molecule has 1 aromatic carbocycles. The molecule has 0 unspecified atom stereocenters. The third-order valence-electron chi connectivity index (χ3n) is 3.81. The molecule has 0 atom stereocenters. The number of amides is 1. The van der Waals surface area contributed by atoms with Crippen LogP contribution in [0.4, 0.5) is 4.39 Å². The number of pyridine rings is 1. The molecule has 3 aromatic rings. The first kappa shape index (κ1) is 15.2. The highest BCUT2D eigenvalue weighted by Crippen LogP contribution is 2.19. The van der Waals surface area contributed by atoms with Gasteiger partial charge in [-0.2, -0.15) is 0 Å². The first-order chi connectivity index (χ1) is 11.2. The van der Waals surface area contributed by atoms with E-state index in [4.69, 9.17) is 0 Å². The molecule has 1 amide bonds. The molecule has 5 heteroatoms. The summed E-state index contributed by atoms with van der Waals surface area (Å²) < 4.78 is 14.9. The van der Waals surface area contributed by atoms with Gasteiger partial charge in [0.25, 0.3) is 0 Å². The fourth-order valence-corrected chi connectivity index (χ4v) is 2.62.